The second-order valence-electron chi connectivity index (χ2n) is 5.81. The van der Waals surface area contributed by atoms with E-state index in [9.17, 15) is 9.59 Å². The molecule has 0 aliphatic heterocycles. The van der Waals surface area contributed by atoms with Gasteiger partial charge in [0.1, 0.15) is 0 Å². The fraction of sp³-hybridized carbons (Fsp3) is 0.294. The first-order chi connectivity index (χ1) is 10.5. The van der Waals surface area contributed by atoms with Crippen LogP contribution < -0.4 is 11.1 Å². The van der Waals surface area contributed by atoms with E-state index >= 15 is 0 Å². The number of thiophene rings is 1. The third-order valence-corrected chi connectivity index (χ3v) is 5.19. The molecule has 1 aromatic heterocycles. The van der Waals surface area contributed by atoms with Crippen molar-refractivity contribution in [1.82, 2.24) is 0 Å². The third kappa shape index (κ3) is 3.04. The van der Waals surface area contributed by atoms with Crippen LogP contribution in [0.4, 0.5) is 5.69 Å². The van der Waals surface area contributed by atoms with E-state index in [0.29, 0.717) is 17.2 Å². The van der Waals surface area contributed by atoms with E-state index in [0.717, 1.165) is 17.7 Å². The van der Waals surface area contributed by atoms with Crippen molar-refractivity contribution in [3.63, 3.8) is 0 Å². The molecule has 4 nitrogen and oxygen atoms in total. The maximum atomic E-state index is 12.4. The number of amides is 2. The minimum atomic E-state index is -0.503. The van der Waals surface area contributed by atoms with Gasteiger partial charge in [-0.3, -0.25) is 9.59 Å². The van der Waals surface area contributed by atoms with Crippen molar-refractivity contribution in [2.75, 3.05) is 5.32 Å². The molecule has 1 heterocycles. The molecule has 1 aromatic carbocycles. The van der Waals surface area contributed by atoms with Gasteiger partial charge in [-0.15, -0.1) is 11.3 Å². The standard InChI is InChI=1S/C17H18N2O2S/c1-10-5-6-14-12(7-10)9-15(22-14)17(21)19-13-4-2-3-11(8-13)16(18)20/h2-4,8-10H,5-7H2,1H3,(H2,18,20)(H,19,21). The fourth-order valence-electron chi connectivity index (χ4n) is 2.76. The van der Waals surface area contributed by atoms with Gasteiger partial charge in [0.2, 0.25) is 5.91 Å². The molecule has 1 aliphatic carbocycles. The molecular weight excluding hydrogens is 296 g/mol. The van der Waals surface area contributed by atoms with E-state index in [1.807, 2.05) is 6.07 Å². The Labute approximate surface area is 133 Å². The first-order valence-corrected chi connectivity index (χ1v) is 8.17. The minimum Gasteiger partial charge on any atom is -0.366 e. The monoisotopic (exact) mass is 314 g/mol. The number of fused-ring (bicyclic) bond motifs is 1. The van der Waals surface area contributed by atoms with Crippen LogP contribution in [0.15, 0.2) is 30.3 Å². The van der Waals surface area contributed by atoms with Gasteiger partial charge in [-0.1, -0.05) is 13.0 Å². The Morgan fingerprint density at radius 2 is 2.14 bits per heavy atom. The number of hydrogen-bond donors (Lipinski definition) is 2. The molecule has 114 valence electrons. The number of primary amides is 1. The van der Waals surface area contributed by atoms with Gasteiger partial charge in [0.05, 0.1) is 4.88 Å². The Morgan fingerprint density at radius 1 is 1.32 bits per heavy atom. The summed E-state index contributed by atoms with van der Waals surface area (Å²) in [6, 6.07) is 8.68. The zero-order valence-corrected chi connectivity index (χ0v) is 13.2. The van der Waals surface area contributed by atoms with E-state index < -0.39 is 5.91 Å². The number of rotatable bonds is 3. The molecular formula is C17H18N2O2S. The fourth-order valence-corrected chi connectivity index (χ4v) is 3.86. The van der Waals surface area contributed by atoms with Gasteiger partial charge in [0.15, 0.2) is 0 Å². The second-order valence-corrected chi connectivity index (χ2v) is 6.94. The normalized spacial score (nSPS) is 16.9. The van der Waals surface area contributed by atoms with Crippen LogP contribution in [0.5, 0.6) is 0 Å². The van der Waals surface area contributed by atoms with Crippen LogP contribution in [0.3, 0.4) is 0 Å². The van der Waals surface area contributed by atoms with Crippen LogP contribution in [-0.4, -0.2) is 11.8 Å². The van der Waals surface area contributed by atoms with E-state index in [-0.39, 0.29) is 5.91 Å². The highest BCUT2D eigenvalue weighted by atomic mass is 32.1. The van der Waals surface area contributed by atoms with Crippen LogP contribution in [0.1, 0.15) is 43.8 Å². The van der Waals surface area contributed by atoms with Gasteiger partial charge in [0, 0.05) is 16.1 Å². The number of anilines is 1. The molecule has 22 heavy (non-hydrogen) atoms. The Balaban J connectivity index is 1.77. The Bertz CT molecular complexity index is 736. The molecule has 2 amide bonds. The zero-order chi connectivity index (χ0) is 15.7. The van der Waals surface area contributed by atoms with Crippen LogP contribution in [0, 0.1) is 5.92 Å². The summed E-state index contributed by atoms with van der Waals surface area (Å²) < 4.78 is 0. The predicted octanol–water partition coefficient (Wildman–Crippen LogP) is 3.22. The third-order valence-electron chi connectivity index (χ3n) is 3.96. The molecule has 3 N–H and O–H groups in total. The van der Waals surface area contributed by atoms with Gasteiger partial charge < -0.3 is 11.1 Å². The highest BCUT2D eigenvalue weighted by Gasteiger charge is 2.20. The van der Waals surface area contributed by atoms with Crippen molar-refractivity contribution in [2.24, 2.45) is 11.7 Å². The van der Waals surface area contributed by atoms with Gasteiger partial charge in [-0.25, -0.2) is 0 Å². The number of carbonyl (C=O) groups excluding carboxylic acids is 2. The summed E-state index contributed by atoms with van der Waals surface area (Å²) in [5, 5.41) is 2.84. The Kier molecular flexibility index (Phi) is 3.98. The van der Waals surface area contributed by atoms with Crippen molar-refractivity contribution in [2.45, 2.75) is 26.2 Å². The summed E-state index contributed by atoms with van der Waals surface area (Å²) in [4.78, 5) is 25.6. The van der Waals surface area contributed by atoms with Crippen LogP contribution in [0.2, 0.25) is 0 Å². The van der Waals surface area contributed by atoms with Gasteiger partial charge in [-0.2, -0.15) is 0 Å². The molecule has 5 heteroatoms. The van der Waals surface area contributed by atoms with Crippen molar-refractivity contribution in [3.05, 3.63) is 51.2 Å². The van der Waals surface area contributed by atoms with Crippen molar-refractivity contribution in [3.8, 4) is 0 Å². The van der Waals surface area contributed by atoms with E-state index in [2.05, 4.69) is 12.2 Å². The van der Waals surface area contributed by atoms with Crippen LogP contribution in [0.25, 0.3) is 0 Å². The lowest BCUT2D eigenvalue weighted by atomic mass is 9.90. The highest BCUT2D eigenvalue weighted by Crippen LogP contribution is 2.32. The lowest BCUT2D eigenvalue weighted by molar-refractivity contribution is 0.0996. The molecule has 1 atom stereocenters. The summed E-state index contributed by atoms with van der Waals surface area (Å²) in [7, 11) is 0. The number of nitrogens with one attached hydrogen (secondary N) is 1. The van der Waals surface area contributed by atoms with Crippen molar-refractivity contribution < 1.29 is 9.59 Å². The second kappa shape index (κ2) is 5.93. The first-order valence-electron chi connectivity index (χ1n) is 7.35. The SMILES string of the molecule is CC1CCc2sc(C(=O)Nc3cccc(C(N)=O)c3)cc2C1. The van der Waals surface area contributed by atoms with Crippen LogP contribution >= 0.6 is 11.3 Å². The number of carbonyl (C=O) groups is 2. The molecule has 1 aliphatic rings. The topological polar surface area (TPSA) is 72.2 Å². The molecule has 1 unspecified atom stereocenters. The molecule has 2 aromatic rings. The maximum absolute atomic E-state index is 12.4. The largest absolute Gasteiger partial charge is 0.366 e. The van der Waals surface area contributed by atoms with E-state index in [4.69, 9.17) is 5.73 Å². The average Bonchev–Trinajstić information content (AvgIpc) is 2.90. The number of hydrogen-bond acceptors (Lipinski definition) is 3. The molecule has 0 spiro atoms. The van der Waals surface area contributed by atoms with Crippen molar-refractivity contribution in [1.29, 1.82) is 0 Å². The summed E-state index contributed by atoms with van der Waals surface area (Å²) in [6.07, 6.45) is 3.30. The van der Waals surface area contributed by atoms with E-state index in [1.54, 1.807) is 35.6 Å². The number of benzene rings is 1. The smallest absolute Gasteiger partial charge is 0.265 e. The molecule has 0 bridgehead atoms. The van der Waals surface area contributed by atoms with E-state index in [1.165, 1.54) is 16.9 Å². The quantitative estimate of drug-likeness (QED) is 0.913. The lowest BCUT2D eigenvalue weighted by Gasteiger charge is -2.16. The molecule has 0 radical (unpaired) electrons. The zero-order valence-electron chi connectivity index (χ0n) is 12.4. The van der Waals surface area contributed by atoms with Gasteiger partial charge in [-0.05, 0) is 55.0 Å². The van der Waals surface area contributed by atoms with Crippen molar-refractivity contribution >= 4 is 28.8 Å². The van der Waals surface area contributed by atoms with Gasteiger partial charge in [0.25, 0.3) is 5.91 Å². The Morgan fingerprint density at radius 3 is 2.91 bits per heavy atom. The minimum absolute atomic E-state index is 0.131. The van der Waals surface area contributed by atoms with Gasteiger partial charge >= 0.3 is 0 Å². The summed E-state index contributed by atoms with van der Waals surface area (Å²) in [5.74, 6) is 0.0515. The summed E-state index contributed by atoms with van der Waals surface area (Å²) in [5.41, 5.74) is 7.53. The molecule has 3 rings (SSSR count). The predicted molar refractivity (Wildman–Crippen MR) is 88.4 cm³/mol. The molecule has 0 saturated heterocycles. The average molecular weight is 314 g/mol. The Hall–Kier alpha value is -2.14. The lowest BCUT2D eigenvalue weighted by Crippen LogP contribution is -2.13. The van der Waals surface area contributed by atoms with Crippen LogP contribution in [-0.2, 0) is 12.8 Å². The first kappa shape index (κ1) is 14.8. The highest BCUT2D eigenvalue weighted by molar-refractivity contribution is 7.14. The number of nitrogens with two attached hydrogens (primary N) is 1. The summed E-state index contributed by atoms with van der Waals surface area (Å²) >= 11 is 1.57. The number of aryl methyl sites for hydroxylation is 1. The maximum Gasteiger partial charge on any atom is 0.265 e. The summed E-state index contributed by atoms with van der Waals surface area (Å²) in [6.45, 7) is 2.25. The molecule has 0 fully saturated rings. The molecule has 0 saturated carbocycles.